The Balaban J connectivity index is 0.00000192. The van der Waals surface area contributed by atoms with Gasteiger partial charge in [0.05, 0.1) is 0 Å². The van der Waals surface area contributed by atoms with E-state index in [4.69, 9.17) is 22.1 Å². The van der Waals surface area contributed by atoms with Crippen molar-refractivity contribution in [3.8, 4) is 10.6 Å². The highest BCUT2D eigenvalue weighted by Gasteiger charge is 2.36. The van der Waals surface area contributed by atoms with Crippen LogP contribution in [0, 0.1) is 0 Å². The second-order valence-electron chi connectivity index (χ2n) is 5.15. The van der Waals surface area contributed by atoms with E-state index in [1.807, 2.05) is 12.1 Å². The fourth-order valence-corrected chi connectivity index (χ4v) is 3.12. The summed E-state index contributed by atoms with van der Waals surface area (Å²) in [6, 6.07) is 7.32. The maximum atomic E-state index is 12.3. The number of aromatic nitrogens is 2. The number of hydrogen-bond acceptors (Lipinski definition) is 6. The minimum Gasteiger partial charge on any atom is -0.381 e. The normalized spacial score (nSPS) is 16.4. The van der Waals surface area contributed by atoms with Crippen molar-refractivity contribution in [1.82, 2.24) is 10.2 Å². The number of carbonyl (C=O) groups is 1. The molecule has 1 aliphatic heterocycles. The molecule has 0 bridgehead atoms. The van der Waals surface area contributed by atoms with Crippen molar-refractivity contribution < 1.29 is 9.53 Å². The minimum absolute atomic E-state index is 0. The first kappa shape index (κ1) is 18.1. The molecule has 0 saturated carbocycles. The molecule has 23 heavy (non-hydrogen) atoms. The SMILES string of the molecule is Cl.NC1(C(=O)Nc2nnc(-c3cccc(Cl)c3)s2)CCOCC1. The molecule has 0 unspecified atom stereocenters. The Morgan fingerprint density at radius 2 is 2.09 bits per heavy atom. The topological polar surface area (TPSA) is 90.1 Å². The van der Waals surface area contributed by atoms with Crippen LogP contribution >= 0.6 is 35.3 Å². The summed E-state index contributed by atoms with van der Waals surface area (Å²) in [7, 11) is 0. The number of benzene rings is 1. The average Bonchev–Trinajstić information content (AvgIpc) is 2.96. The first-order chi connectivity index (χ1) is 10.6. The summed E-state index contributed by atoms with van der Waals surface area (Å²) in [5.74, 6) is -0.246. The molecule has 6 nitrogen and oxygen atoms in total. The number of rotatable bonds is 3. The predicted octanol–water partition coefficient (Wildman–Crippen LogP) is 2.73. The van der Waals surface area contributed by atoms with Gasteiger partial charge in [0.25, 0.3) is 0 Å². The van der Waals surface area contributed by atoms with Crippen LogP contribution in [0.25, 0.3) is 10.6 Å². The molecule has 1 aliphatic rings. The summed E-state index contributed by atoms with van der Waals surface area (Å²) in [6.07, 6.45) is 0.998. The molecule has 124 valence electrons. The van der Waals surface area contributed by atoms with Crippen molar-refractivity contribution >= 4 is 46.4 Å². The molecule has 9 heteroatoms. The molecular formula is C14H16Cl2N4O2S. The molecular weight excluding hydrogens is 359 g/mol. The molecule has 1 aromatic carbocycles. The van der Waals surface area contributed by atoms with Gasteiger partial charge in [0.15, 0.2) is 0 Å². The van der Waals surface area contributed by atoms with Crippen molar-refractivity contribution in [2.45, 2.75) is 18.4 Å². The van der Waals surface area contributed by atoms with Crippen LogP contribution in [0.3, 0.4) is 0 Å². The van der Waals surface area contributed by atoms with Crippen molar-refractivity contribution in [2.75, 3.05) is 18.5 Å². The van der Waals surface area contributed by atoms with Crippen molar-refractivity contribution in [3.63, 3.8) is 0 Å². The monoisotopic (exact) mass is 374 g/mol. The van der Waals surface area contributed by atoms with Crippen LogP contribution in [-0.2, 0) is 9.53 Å². The number of carbonyl (C=O) groups excluding carboxylic acids is 1. The van der Waals surface area contributed by atoms with Crippen LogP contribution in [-0.4, -0.2) is 34.9 Å². The van der Waals surface area contributed by atoms with Gasteiger partial charge in [0.2, 0.25) is 11.0 Å². The highest BCUT2D eigenvalue weighted by atomic mass is 35.5. The van der Waals surface area contributed by atoms with E-state index >= 15 is 0 Å². The lowest BCUT2D eigenvalue weighted by Gasteiger charge is -2.31. The van der Waals surface area contributed by atoms with Gasteiger partial charge in [-0.05, 0) is 25.0 Å². The molecule has 0 aliphatic carbocycles. The number of halogens is 2. The summed E-state index contributed by atoms with van der Waals surface area (Å²) >= 11 is 7.25. The van der Waals surface area contributed by atoms with E-state index < -0.39 is 5.54 Å². The first-order valence-corrected chi connectivity index (χ1v) is 8.04. The van der Waals surface area contributed by atoms with Crippen molar-refractivity contribution in [2.24, 2.45) is 5.73 Å². The second-order valence-corrected chi connectivity index (χ2v) is 6.56. The van der Waals surface area contributed by atoms with Gasteiger partial charge in [-0.3, -0.25) is 10.1 Å². The Morgan fingerprint density at radius 3 is 2.78 bits per heavy atom. The average molecular weight is 375 g/mol. The maximum Gasteiger partial charge on any atom is 0.246 e. The van der Waals surface area contributed by atoms with Crippen LogP contribution < -0.4 is 11.1 Å². The number of amides is 1. The Bertz CT molecular complexity index is 689. The molecule has 1 aromatic heterocycles. The number of anilines is 1. The second kappa shape index (κ2) is 7.55. The standard InChI is InChI=1S/C14H15ClN4O2S.ClH/c15-10-3-1-2-9(8-10)11-18-19-13(22-11)17-12(20)14(16)4-6-21-7-5-14;/h1-3,8H,4-7,16H2,(H,17,19,20);1H. The smallest absolute Gasteiger partial charge is 0.246 e. The highest BCUT2D eigenvalue weighted by molar-refractivity contribution is 7.18. The third-order valence-corrected chi connectivity index (χ3v) is 4.68. The van der Waals surface area contributed by atoms with Crippen LogP contribution in [0.2, 0.25) is 5.02 Å². The zero-order chi connectivity index (χ0) is 15.6. The van der Waals surface area contributed by atoms with Crippen molar-refractivity contribution in [1.29, 1.82) is 0 Å². The van der Waals surface area contributed by atoms with Gasteiger partial charge < -0.3 is 10.5 Å². The van der Waals surface area contributed by atoms with Crippen LogP contribution in [0.4, 0.5) is 5.13 Å². The van der Waals surface area contributed by atoms with E-state index in [-0.39, 0.29) is 18.3 Å². The van der Waals surface area contributed by atoms with Crippen LogP contribution in [0.15, 0.2) is 24.3 Å². The first-order valence-electron chi connectivity index (χ1n) is 6.84. The quantitative estimate of drug-likeness (QED) is 0.861. The van der Waals surface area contributed by atoms with Gasteiger partial charge in [-0.1, -0.05) is 35.1 Å². The predicted molar refractivity (Wildman–Crippen MR) is 93.2 cm³/mol. The summed E-state index contributed by atoms with van der Waals surface area (Å²) < 4.78 is 5.24. The summed E-state index contributed by atoms with van der Waals surface area (Å²) in [5.41, 5.74) is 6.09. The van der Waals surface area contributed by atoms with E-state index in [0.717, 1.165) is 5.56 Å². The van der Waals surface area contributed by atoms with Gasteiger partial charge in [0.1, 0.15) is 10.5 Å². The summed E-state index contributed by atoms with van der Waals surface area (Å²) in [4.78, 5) is 12.3. The van der Waals surface area contributed by atoms with E-state index in [1.54, 1.807) is 12.1 Å². The molecule has 1 amide bonds. The Morgan fingerprint density at radius 1 is 1.35 bits per heavy atom. The fourth-order valence-electron chi connectivity index (χ4n) is 2.20. The van der Waals surface area contributed by atoms with Gasteiger partial charge >= 0.3 is 0 Å². The molecule has 1 fully saturated rings. The van der Waals surface area contributed by atoms with Gasteiger partial charge in [-0.25, -0.2) is 0 Å². The molecule has 3 N–H and O–H groups in total. The zero-order valence-corrected chi connectivity index (χ0v) is 14.5. The highest BCUT2D eigenvalue weighted by Crippen LogP contribution is 2.29. The summed E-state index contributed by atoms with van der Waals surface area (Å²) in [5, 5.41) is 12.6. The van der Waals surface area contributed by atoms with Gasteiger partial charge in [-0.2, -0.15) is 0 Å². The fraction of sp³-hybridized carbons (Fsp3) is 0.357. The Kier molecular flexibility index (Phi) is 5.94. The van der Waals surface area contributed by atoms with E-state index in [1.165, 1.54) is 11.3 Å². The lowest BCUT2D eigenvalue weighted by atomic mass is 9.90. The molecule has 0 radical (unpaired) electrons. The maximum absolute atomic E-state index is 12.3. The lowest BCUT2D eigenvalue weighted by Crippen LogP contribution is -2.54. The molecule has 2 heterocycles. The van der Waals surface area contributed by atoms with Gasteiger partial charge in [-0.15, -0.1) is 22.6 Å². The number of nitrogens with one attached hydrogen (secondary N) is 1. The zero-order valence-electron chi connectivity index (χ0n) is 12.1. The molecule has 0 spiro atoms. The molecule has 2 aromatic rings. The van der Waals surface area contributed by atoms with E-state index in [9.17, 15) is 4.79 Å². The molecule has 0 atom stereocenters. The van der Waals surface area contributed by atoms with Crippen LogP contribution in [0.5, 0.6) is 0 Å². The lowest BCUT2D eigenvalue weighted by molar-refractivity contribution is -0.124. The Hall–Kier alpha value is -1.25. The minimum atomic E-state index is -0.903. The largest absolute Gasteiger partial charge is 0.381 e. The van der Waals surface area contributed by atoms with Gasteiger partial charge in [0, 0.05) is 23.8 Å². The van der Waals surface area contributed by atoms with E-state index in [2.05, 4.69) is 15.5 Å². The van der Waals surface area contributed by atoms with Crippen molar-refractivity contribution in [3.05, 3.63) is 29.3 Å². The third kappa shape index (κ3) is 4.19. The Labute approximate surface area is 148 Å². The molecule has 1 saturated heterocycles. The third-order valence-electron chi connectivity index (χ3n) is 3.55. The number of nitrogens with two attached hydrogens (primary N) is 1. The van der Waals surface area contributed by atoms with E-state index in [0.29, 0.717) is 41.2 Å². The summed E-state index contributed by atoms with van der Waals surface area (Å²) in [6.45, 7) is 0.988. The number of ether oxygens (including phenoxy) is 1. The number of hydrogen-bond donors (Lipinski definition) is 2. The molecule has 3 rings (SSSR count). The number of nitrogens with zero attached hydrogens (tertiary/aromatic N) is 2. The van der Waals surface area contributed by atoms with Crippen LogP contribution in [0.1, 0.15) is 12.8 Å².